The van der Waals surface area contributed by atoms with Gasteiger partial charge in [0.05, 0.1) is 0 Å². The lowest BCUT2D eigenvalue weighted by atomic mass is 10.1. The fourth-order valence-corrected chi connectivity index (χ4v) is 2.06. The summed E-state index contributed by atoms with van der Waals surface area (Å²) in [6.07, 6.45) is 0. The minimum atomic E-state index is -0.488. The number of hydrogen-bond donors (Lipinski definition) is 1. The molecule has 0 saturated heterocycles. The van der Waals surface area contributed by atoms with Gasteiger partial charge in [-0.15, -0.1) is 10.2 Å². The fourth-order valence-electron chi connectivity index (χ4n) is 2.06. The summed E-state index contributed by atoms with van der Waals surface area (Å²) in [5, 5.41) is 19.3. The number of nitriles is 1. The van der Waals surface area contributed by atoms with Crippen LogP contribution in [0.2, 0.25) is 0 Å². The molecule has 0 unspecified atom stereocenters. The number of nitrogens with one attached hydrogen (secondary N) is 1. The van der Waals surface area contributed by atoms with Gasteiger partial charge in [0.2, 0.25) is 5.69 Å². The van der Waals surface area contributed by atoms with E-state index >= 15 is 0 Å². The highest BCUT2D eigenvalue weighted by atomic mass is 16.1. The van der Waals surface area contributed by atoms with Gasteiger partial charge in [0, 0.05) is 11.3 Å². The number of benzene rings is 1. The molecule has 3 rings (SSSR count). The molecule has 0 amide bonds. The van der Waals surface area contributed by atoms with Crippen LogP contribution in [0.15, 0.2) is 35.1 Å². The maximum absolute atomic E-state index is 12.0. The Balaban J connectivity index is 2.40. The molecule has 6 nitrogen and oxygen atoms in total. The molecule has 0 saturated carbocycles. The van der Waals surface area contributed by atoms with E-state index in [4.69, 9.17) is 5.26 Å². The third-order valence-corrected chi connectivity index (χ3v) is 2.91. The molecule has 19 heavy (non-hydrogen) atoms. The van der Waals surface area contributed by atoms with Crippen molar-refractivity contribution < 1.29 is 0 Å². The molecule has 0 radical (unpaired) electrons. The van der Waals surface area contributed by atoms with Crippen molar-refractivity contribution in [1.29, 1.82) is 5.26 Å². The van der Waals surface area contributed by atoms with Crippen LogP contribution >= 0.6 is 0 Å². The van der Waals surface area contributed by atoms with Crippen LogP contribution in [0.5, 0.6) is 0 Å². The number of H-pyrrole nitrogens is 1. The zero-order valence-corrected chi connectivity index (χ0v) is 10.1. The molecule has 0 fully saturated rings. The second-order valence-corrected chi connectivity index (χ2v) is 4.10. The van der Waals surface area contributed by atoms with Gasteiger partial charge in [-0.2, -0.15) is 9.78 Å². The molecule has 0 aliphatic rings. The van der Waals surface area contributed by atoms with Crippen molar-refractivity contribution in [2.45, 2.75) is 6.92 Å². The first-order valence-corrected chi connectivity index (χ1v) is 5.66. The number of aromatic amines is 1. The highest BCUT2D eigenvalue weighted by molar-refractivity contribution is 5.79. The number of aromatic nitrogens is 4. The van der Waals surface area contributed by atoms with Crippen molar-refractivity contribution >= 4 is 5.65 Å². The Morgan fingerprint density at radius 2 is 2.00 bits per heavy atom. The maximum Gasteiger partial charge on any atom is 0.309 e. The smallest absolute Gasteiger partial charge is 0.293 e. The number of aryl methyl sites for hydroxylation is 1. The molecule has 0 aliphatic heterocycles. The van der Waals surface area contributed by atoms with Gasteiger partial charge < -0.3 is 0 Å². The normalized spacial score (nSPS) is 10.5. The van der Waals surface area contributed by atoms with Crippen molar-refractivity contribution in [3.63, 3.8) is 0 Å². The number of rotatable bonds is 1. The van der Waals surface area contributed by atoms with Gasteiger partial charge in [-0.25, -0.2) is 0 Å². The second kappa shape index (κ2) is 4.07. The van der Waals surface area contributed by atoms with Gasteiger partial charge in [0.15, 0.2) is 5.65 Å². The van der Waals surface area contributed by atoms with E-state index in [-0.39, 0.29) is 5.69 Å². The lowest BCUT2D eigenvalue weighted by molar-refractivity contribution is 0.831. The molecule has 2 heterocycles. The summed E-state index contributed by atoms with van der Waals surface area (Å²) < 4.78 is 1.25. The Kier molecular flexibility index (Phi) is 2.39. The maximum atomic E-state index is 12.0. The summed E-state index contributed by atoms with van der Waals surface area (Å²) in [6.45, 7) is 1.85. The topological polar surface area (TPSA) is 86.8 Å². The van der Waals surface area contributed by atoms with Crippen LogP contribution in [-0.2, 0) is 0 Å². The van der Waals surface area contributed by atoms with Crippen molar-refractivity contribution in [2.24, 2.45) is 0 Å². The molecule has 0 bridgehead atoms. The van der Waals surface area contributed by atoms with Gasteiger partial charge in [-0.3, -0.25) is 9.89 Å². The average molecular weight is 251 g/mol. The summed E-state index contributed by atoms with van der Waals surface area (Å²) in [4.78, 5) is 12.0. The quantitative estimate of drug-likeness (QED) is 0.705. The first-order chi connectivity index (χ1) is 9.22. The first-order valence-electron chi connectivity index (χ1n) is 5.66. The van der Waals surface area contributed by atoms with Crippen LogP contribution in [0, 0.1) is 18.3 Å². The first kappa shape index (κ1) is 11.2. The van der Waals surface area contributed by atoms with E-state index < -0.39 is 5.56 Å². The van der Waals surface area contributed by atoms with Gasteiger partial charge in [-0.1, -0.05) is 30.3 Å². The van der Waals surface area contributed by atoms with E-state index in [1.54, 1.807) is 6.07 Å². The number of fused-ring (bicyclic) bond motifs is 1. The number of hydrogen-bond acceptors (Lipinski definition) is 4. The SMILES string of the molecule is Cc1[nH]n2c(=O)c(C#N)nnc2c1-c1ccccc1. The molecular formula is C13H9N5O. The van der Waals surface area contributed by atoms with Crippen LogP contribution in [0.25, 0.3) is 16.8 Å². The highest BCUT2D eigenvalue weighted by Crippen LogP contribution is 2.25. The minimum Gasteiger partial charge on any atom is -0.293 e. The van der Waals surface area contributed by atoms with Crippen LogP contribution in [0.4, 0.5) is 0 Å². The highest BCUT2D eigenvalue weighted by Gasteiger charge is 2.15. The summed E-state index contributed by atoms with van der Waals surface area (Å²) in [5.41, 5.74) is 2.27. The summed E-state index contributed by atoms with van der Waals surface area (Å²) in [7, 11) is 0. The van der Waals surface area contributed by atoms with E-state index in [9.17, 15) is 4.79 Å². The summed E-state index contributed by atoms with van der Waals surface area (Å²) in [5.74, 6) is 0. The van der Waals surface area contributed by atoms with Crippen molar-refractivity contribution in [1.82, 2.24) is 19.8 Å². The Morgan fingerprint density at radius 1 is 1.26 bits per heavy atom. The van der Waals surface area contributed by atoms with E-state index in [2.05, 4.69) is 15.3 Å². The van der Waals surface area contributed by atoms with Gasteiger partial charge >= 0.3 is 5.56 Å². The molecule has 1 N–H and O–H groups in total. The largest absolute Gasteiger partial charge is 0.309 e. The zero-order chi connectivity index (χ0) is 13.4. The fraction of sp³-hybridized carbons (Fsp3) is 0.0769. The molecule has 1 aromatic carbocycles. The molecule has 92 valence electrons. The molecular weight excluding hydrogens is 242 g/mol. The van der Waals surface area contributed by atoms with Crippen LogP contribution < -0.4 is 5.56 Å². The van der Waals surface area contributed by atoms with Crippen LogP contribution in [-0.4, -0.2) is 19.8 Å². The molecule has 6 heteroatoms. The lowest BCUT2D eigenvalue weighted by Crippen LogP contribution is -2.20. The van der Waals surface area contributed by atoms with Crippen LogP contribution in [0.1, 0.15) is 11.4 Å². The Bertz CT molecular complexity index is 854. The second-order valence-electron chi connectivity index (χ2n) is 4.10. The monoisotopic (exact) mass is 251 g/mol. The van der Waals surface area contributed by atoms with E-state index in [0.29, 0.717) is 5.65 Å². The van der Waals surface area contributed by atoms with Crippen LogP contribution in [0.3, 0.4) is 0 Å². The number of nitrogens with zero attached hydrogens (tertiary/aromatic N) is 4. The Morgan fingerprint density at radius 3 is 2.68 bits per heavy atom. The Hall–Kier alpha value is -2.94. The molecule has 0 atom stereocenters. The van der Waals surface area contributed by atoms with Gasteiger partial charge in [0.25, 0.3) is 0 Å². The van der Waals surface area contributed by atoms with E-state index in [1.807, 2.05) is 37.3 Å². The summed E-state index contributed by atoms with van der Waals surface area (Å²) >= 11 is 0. The van der Waals surface area contributed by atoms with Gasteiger partial charge in [0.1, 0.15) is 6.07 Å². The molecule has 2 aromatic heterocycles. The zero-order valence-electron chi connectivity index (χ0n) is 10.1. The molecule has 3 aromatic rings. The Labute approximate surface area is 107 Å². The van der Waals surface area contributed by atoms with Crippen molar-refractivity contribution in [2.75, 3.05) is 0 Å². The predicted octanol–water partition coefficient (Wildman–Crippen LogP) is 1.26. The minimum absolute atomic E-state index is 0.224. The summed E-state index contributed by atoms with van der Waals surface area (Å²) in [6, 6.07) is 11.3. The third-order valence-electron chi connectivity index (χ3n) is 2.91. The standard InChI is InChI=1S/C13H9N5O/c1-8-11(9-5-3-2-4-6-9)12-16-15-10(7-14)13(19)18(12)17-8/h2-6,17H,1H3. The predicted molar refractivity (Wildman–Crippen MR) is 68.5 cm³/mol. The van der Waals surface area contributed by atoms with Crippen molar-refractivity contribution in [3.05, 3.63) is 52.1 Å². The third kappa shape index (κ3) is 1.60. The lowest BCUT2D eigenvalue weighted by Gasteiger charge is -1.98. The van der Waals surface area contributed by atoms with Gasteiger partial charge in [-0.05, 0) is 12.5 Å². The van der Waals surface area contributed by atoms with Crippen molar-refractivity contribution in [3.8, 4) is 17.2 Å². The van der Waals surface area contributed by atoms with E-state index in [0.717, 1.165) is 16.8 Å². The van der Waals surface area contributed by atoms with E-state index in [1.165, 1.54) is 4.52 Å². The molecule has 0 spiro atoms. The molecule has 0 aliphatic carbocycles. The average Bonchev–Trinajstić information content (AvgIpc) is 2.77.